The molecule has 1 rings (SSSR count). The number of hydrogen-bond acceptors (Lipinski definition) is 1. The summed E-state index contributed by atoms with van der Waals surface area (Å²) in [6.45, 7) is 0. The summed E-state index contributed by atoms with van der Waals surface area (Å²) in [6.07, 6.45) is 0. The van der Waals surface area contributed by atoms with Gasteiger partial charge in [0.1, 0.15) is 0 Å². The van der Waals surface area contributed by atoms with Gasteiger partial charge in [0.05, 0.1) is 0 Å². The van der Waals surface area contributed by atoms with Gasteiger partial charge in [0.15, 0.2) is 0 Å². The Balaban J connectivity index is 3.46. The molecule has 9 heteroatoms. The number of allylic oxidation sites excluding steroid dienone is 2. The first-order chi connectivity index (χ1) is 6.62. The second kappa shape index (κ2) is 3.11. The van der Waals surface area contributed by atoms with E-state index in [9.17, 15) is 35.1 Å². The highest BCUT2D eigenvalue weighted by molar-refractivity contribution is 5.24. The Kier molecular flexibility index (Phi) is 2.44. The lowest BCUT2D eigenvalue weighted by atomic mass is 10.1. The van der Waals surface area contributed by atoms with Crippen molar-refractivity contribution in [2.75, 3.05) is 0 Å². The summed E-state index contributed by atoms with van der Waals surface area (Å²) < 4.78 is 101. The molecule has 0 saturated carbocycles. The van der Waals surface area contributed by atoms with Crippen molar-refractivity contribution >= 4 is 0 Å². The Bertz CT molecular complexity index is 320. The van der Waals surface area contributed by atoms with Crippen molar-refractivity contribution in [3.8, 4) is 0 Å². The van der Waals surface area contributed by atoms with E-state index in [2.05, 4.69) is 4.74 Å². The van der Waals surface area contributed by atoms with E-state index in [1.807, 2.05) is 0 Å². The summed E-state index contributed by atoms with van der Waals surface area (Å²) in [6, 6.07) is -5.91. The molecule has 0 unspecified atom stereocenters. The van der Waals surface area contributed by atoms with Gasteiger partial charge in [0, 0.05) is 0 Å². The molecule has 0 saturated heterocycles. The van der Waals surface area contributed by atoms with E-state index in [0.717, 1.165) is 0 Å². The fraction of sp³-hybridized carbons (Fsp3) is 0.333. The van der Waals surface area contributed by atoms with Gasteiger partial charge in [-0.3, -0.25) is 0 Å². The number of ether oxygens (including phenoxy) is 1. The Morgan fingerprint density at radius 1 is 0.667 bits per heavy atom. The highest BCUT2D eigenvalue weighted by atomic mass is 19.3. The summed E-state index contributed by atoms with van der Waals surface area (Å²) in [5, 5.41) is 0. The van der Waals surface area contributed by atoms with E-state index in [0.29, 0.717) is 0 Å². The monoisotopic (exact) mass is 240 g/mol. The Morgan fingerprint density at radius 3 is 1.20 bits per heavy atom. The molecule has 0 spiro atoms. The molecule has 15 heavy (non-hydrogen) atoms. The van der Waals surface area contributed by atoms with Gasteiger partial charge in [-0.15, -0.1) is 0 Å². The van der Waals surface area contributed by atoms with Crippen molar-refractivity contribution < 1.29 is 39.9 Å². The van der Waals surface area contributed by atoms with Crippen LogP contribution in [0.25, 0.3) is 0 Å². The van der Waals surface area contributed by atoms with Crippen LogP contribution < -0.4 is 0 Å². The van der Waals surface area contributed by atoms with Gasteiger partial charge >= 0.3 is 23.9 Å². The van der Waals surface area contributed by atoms with E-state index in [1.165, 1.54) is 0 Å². The zero-order chi connectivity index (χ0) is 12.0. The van der Waals surface area contributed by atoms with Gasteiger partial charge < -0.3 is 4.74 Å². The quantitative estimate of drug-likeness (QED) is 0.589. The van der Waals surface area contributed by atoms with Crippen LogP contribution in [-0.2, 0) is 4.74 Å². The average molecular weight is 240 g/mol. The maximum absolute atomic E-state index is 12.4. The highest BCUT2D eigenvalue weighted by Crippen LogP contribution is 2.50. The summed E-state index contributed by atoms with van der Waals surface area (Å²) in [5.41, 5.74) is 0. The van der Waals surface area contributed by atoms with E-state index in [4.69, 9.17) is 0 Å². The molecule has 1 aliphatic heterocycles. The maximum atomic E-state index is 12.4. The third-order valence-electron chi connectivity index (χ3n) is 1.47. The predicted molar refractivity (Wildman–Crippen MR) is 29.5 cm³/mol. The molecule has 0 aromatic carbocycles. The van der Waals surface area contributed by atoms with Gasteiger partial charge in [-0.2, -0.15) is 35.1 Å². The zero-order valence-corrected chi connectivity index (χ0v) is 6.43. The molecule has 86 valence electrons. The molecule has 1 nitrogen and oxygen atoms in total. The second-order valence-corrected chi connectivity index (χ2v) is 2.43. The third-order valence-corrected chi connectivity index (χ3v) is 1.47. The van der Waals surface area contributed by atoms with Gasteiger partial charge in [-0.05, 0) is 0 Å². The maximum Gasteiger partial charge on any atom is 0.373 e. The highest BCUT2D eigenvalue weighted by Gasteiger charge is 2.67. The molecule has 0 amide bonds. The molecule has 0 aromatic heterocycles. The zero-order valence-electron chi connectivity index (χ0n) is 6.43. The number of hydrogen-bond donors (Lipinski definition) is 0. The van der Waals surface area contributed by atoms with Crippen LogP contribution in [0.15, 0.2) is 23.7 Å². The van der Waals surface area contributed by atoms with Crippen LogP contribution in [0.5, 0.6) is 0 Å². The van der Waals surface area contributed by atoms with Gasteiger partial charge in [-0.25, -0.2) is 0 Å². The van der Waals surface area contributed by atoms with Crippen LogP contribution in [0.3, 0.4) is 0 Å². The first-order valence-corrected chi connectivity index (χ1v) is 3.17. The molecule has 1 heterocycles. The standard InChI is InChI=1S/C6F8O/c7-1-3(9)15-4(10)2(8)6(13,14)5(1,11)12. The minimum Gasteiger partial charge on any atom is -0.400 e. The predicted octanol–water partition coefficient (Wildman–Crippen LogP) is 3.50. The smallest absolute Gasteiger partial charge is 0.373 e. The first-order valence-electron chi connectivity index (χ1n) is 3.17. The van der Waals surface area contributed by atoms with Crippen LogP contribution in [0.1, 0.15) is 0 Å². The third kappa shape index (κ3) is 1.45. The van der Waals surface area contributed by atoms with Crippen LogP contribution in [0, 0.1) is 0 Å². The Hall–Kier alpha value is -1.28. The SMILES string of the molecule is FC1=C(F)C(F)(F)C(F)(F)C(F)=C(F)O1. The van der Waals surface area contributed by atoms with Crippen molar-refractivity contribution in [3.63, 3.8) is 0 Å². The summed E-state index contributed by atoms with van der Waals surface area (Å²) >= 11 is 0. The molecule has 0 bridgehead atoms. The van der Waals surface area contributed by atoms with Crippen molar-refractivity contribution in [1.82, 2.24) is 0 Å². The van der Waals surface area contributed by atoms with Crippen molar-refractivity contribution in [1.29, 1.82) is 0 Å². The van der Waals surface area contributed by atoms with E-state index >= 15 is 0 Å². The summed E-state index contributed by atoms with van der Waals surface area (Å²) in [5.74, 6) is -18.5. The Labute approximate surface area is 76.6 Å². The normalized spacial score (nSPS) is 25.1. The number of rotatable bonds is 0. The number of alkyl halides is 4. The number of halogens is 8. The fourth-order valence-electron chi connectivity index (χ4n) is 0.691. The average Bonchev–Trinajstić information content (AvgIpc) is 2.15. The van der Waals surface area contributed by atoms with Crippen LogP contribution >= 0.6 is 0 Å². The van der Waals surface area contributed by atoms with Crippen LogP contribution in [0.4, 0.5) is 35.1 Å². The minimum absolute atomic E-state index is 2.82. The van der Waals surface area contributed by atoms with Crippen LogP contribution in [-0.4, -0.2) is 11.8 Å². The molecule has 0 atom stereocenters. The topological polar surface area (TPSA) is 9.23 Å². The van der Waals surface area contributed by atoms with E-state index in [1.54, 1.807) is 0 Å². The molecule has 0 aromatic rings. The fourth-order valence-corrected chi connectivity index (χ4v) is 0.691. The van der Waals surface area contributed by atoms with Gasteiger partial charge in [0.2, 0.25) is 11.7 Å². The van der Waals surface area contributed by atoms with Crippen molar-refractivity contribution in [2.45, 2.75) is 11.8 Å². The lowest BCUT2D eigenvalue weighted by Crippen LogP contribution is -2.41. The molecule has 0 radical (unpaired) electrons. The van der Waals surface area contributed by atoms with Gasteiger partial charge in [-0.1, -0.05) is 0 Å². The minimum atomic E-state index is -5.85. The molecule has 0 aliphatic carbocycles. The summed E-state index contributed by atoms with van der Waals surface area (Å²) in [7, 11) is 0. The van der Waals surface area contributed by atoms with Crippen molar-refractivity contribution in [3.05, 3.63) is 23.7 Å². The lowest BCUT2D eigenvalue weighted by molar-refractivity contribution is -0.181. The Morgan fingerprint density at radius 2 is 0.933 bits per heavy atom. The largest absolute Gasteiger partial charge is 0.400 e. The van der Waals surface area contributed by atoms with E-state index < -0.39 is 35.5 Å². The molecule has 0 fully saturated rings. The molecular formula is C6F8O. The second-order valence-electron chi connectivity index (χ2n) is 2.43. The van der Waals surface area contributed by atoms with E-state index in [-0.39, 0.29) is 0 Å². The van der Waals surface area contributed by atoms with Crippen LogP contribution in [0.2, 0.25) is 0 Å². The first kappa shape index (κ1) is 11.8. The van der Waals surface area contributed by atoms with Gasteiger partial charge in [0.25, 0.3) is 0 Å². The molecule has 1 aliphatic rings. The summed E-state index contributed by atoms with van der Waals surface area (Å²) in [4.78, 5) is 0. The molecule has 0 N–H and O–H groups in total. The molecular weight excluding hydrogens is 240 g/mol. The lowest BCUT2D eigenvalue weighted by Gasteiger charge is -2.20. The van der Waals surface area contributed by atoms with Crippen molar-refractivity contribution in [2.24, 2.45) is 0 Å².